The molecule has 7 heteroatoms. The number of aryl methyl sites for hydroxylation is 2. The molecule has 0 aliphatic carbocycles. The van der Waals surface area contributed by atoms with Crippen molar-refractivity contribution in [3.63, 3.8) is 0 Å². The zero-order valence-electron chi connectivity index (χ0n) is 17.5. The van der Waals surface area contributed by atoms with E-state index in [0.717, 1.165) is 35.2 Å². The summed E-state index contributed by atoms with van der Waals surface area (Å²) in [5.41, 5.74) is 3.95. The van der Waals surface area contributed by atoms with E-state index in [4.69, 9.17) is 5.10 Å². The van der Waals surface area contributed by atoms with E-state index >= 15 is 0 Å². The maximum Gasteiger partial charge on any atom is 0.387 e. The normalized spacial score (nSPS) is 11.8. The molecule has 0 saturated heterocycles. The summed E-state index contributed by atoms with van der Waals surface area (Å²) in [5.74, 6) is 0.897. The third-order valence-electron chi connectivity index (χ3n) is 5.55. The van der Waals surface area contributed by atoms with Gasteiger partial charge in [0, 0.05) is 18.3 Å². The molecule has 0 bridgehead atoms. The smallest absolute Gasteiger partial charge is 0.387 e. The summed E-state index contributed by atoms with van der Waals surface area (Å²) >= 11 is 0. The molecular formula is C22H27F2N3O2. The third-order valence-corrected chi connectivity index (χ3v) is 5.55. The highest BCUT2D eigenvalue weighted by molar-refractivity contribution is 5.65. The lowest BCUT2D eigenvalue weighted by Crippen LogP contribution is -2.24. The monoisotopic (exact) mass is 403 g/mol. The van der Waals surface area contributed by atoms with Crippen molar-refractivity contribution >= 4 is 5.52 Å². The van der Waals surface area contributed by atoms with E-state index < -0.39 is 6.61 Å². The fourth-order valence-electron chi connectivity index (χ4n) is 3.94. The Labute approximate surface area is 168 Å². The molecule has 1 aromatic carbocycles. The summed E-state index contributed by atoms with van der Waals surface area (Å²) in [6.07, 6.45) is 2.49. The van der Waals surface area contributed by atoms with Gasteiger partial charge < -0.3 is 4.74 Å². The summed E-state index contributed by atoms with van der Waals surface area (Å²) in [5, 5.41) is 4.77. The van der Waals surface area contributed by atoms with Gasteiger partial charge in [-0.05, 0) is 67.5 Å². The zero-order chi connectivity index (χ0) is 21.3. The Balaban J connectivity index is 2.23. The molecule has 0 atom stereocenters. The van der Waals surface area contributed by atoms with Gasteiger partial charge in [0.25, 0.3) is 5.56 Å². The van der Waals surface area contributed by atoms with Crippen molar-refractivity contribution in [2.45, 2.75) is 59.5 Å². The van der Waals surface area contributed by atoms with Crippen LogP contribution >= 0.6 is 0 Å². The van der Waals surface area contributed by atoms with Crippen LogP contribution in [0.1, 0.15) is 56.4 Å². The number of hydrogen-bond acceptors (Lipinski definition) is 3. The van der Waals surface area contributed by atoms with E-state index in [-0.39, 0.29) is 11.3 Å². The van der Waals surface area contributed by atoms with E-state index in [1.54, 1.807) is 28.3 Å². The first kappa shape index (κ1) is 21.0. The second kappa shape index (κ2) is 8.35. The van der Waals surface area contributed by atoms with Gasteiger partial charge in [-0.15, -0.1) is 5.10 Å². The second-order valence-corrected chi connectivity index (χ2v) is 7.25. The molecule has 2 heterocycles. The number of alkyl halides is 2. The Morgan fingerprint density at radius 3 is 2.41 bits per heavy atom. The van der Waals surface area contributed by atoms with E-state index in [2.05, 4.69) is 18.6 Å². The molecule has 0 saturated carbocycles. The van der Waals surface area contributed by atoms with Crippen LogP contribution in [0.2, 0.25) is 0 Å². The Morgan fingerprint density at radius 2 is 1.83 bits per heavy atom. The highest BCUT2D eigenvalue weighted by Gasteiger charge is 2.21. The largest absolute Gasteiger partial charge is 0.435 e. The van der Waals surface area contributed by atoms with Crippen molar-refractivity contribution in [1.29, 1.82) is 0 Å². The minimum Gasteiger partial charge on any atom is -0.435 e. The number of ether oxygens (including phenoxy) is 1. The van der Waals surface area contributed by atoms with Crippen LogP contribution in [-0.4, -0.2) is 20.8 Å². The number of aromatic nitrogens is 3. The number of halogens is 2. The molecule has 0 N–H and O–H groups in total. The van der Waals surface area contributed by atoms with Crippen LogP contribution < -0.4 is 10.3 Å². The van der Waals surface area contributed by atoms with E-state index in [1.807, 2.05) is 19.9 Å². The zero-order valence-corrected chi connectivity index (χ0v) is 17.5. The Kier molecular flexibility index (Phi) is 6.05. The lowest BCUT2D eigenvalue weighted by atomic mass is 9.95. The predicted molar refractivity (Wildman–Crippen MR) is 110 cm³/mol. The van der Waals surface area contributed by atoms with Crippen molar-refractivity contribution in [1.82, 2.24) is 14.2 Å². The van der Waals surface area contributed by atoms with Crippen LogP contribution in [0.15, 0.2) is 29.1 Å². The second-order valence-electron chi connectivity index (χ2n) is 7.25. The number of benzene rings is 1. The van der Waals surface area contributed by atoms with Crippen molar-refractivity contribution in [2.24, 2.45) is 7.05 Å². The van der Waals surface area contributed by atoms with E-state index in [0.29, 0.717) is 23.7 Å². The first-order chi connectivity index (χ1) is 13.8. The number of rotatable bonds is 7. The van der Waals surface area contributed by atoms with Gasteiger partial charge in [-0.1, -0.05) is 20.8 Å². The summed E-state index contributed by atoms with van der Waals surface area (Å²) in [4.78, 5) is 13.3. The molecule has 156 valence electrons. The molecule has 0 aliphatic rings. The predicted octanol–water partition coefficient (Wildman–Crippen LogP) is 5.08. The molecule has 0 amide bonds. The van der Waals surface area contributed by atoms with Gasteiger partial charge in [-0.3, -0.25) is 9.36 Å². The van der Waals surface area contributed by atoms with Crippen LogP contribution in [0, 0.1) is 6.92 Å². The highest BCUT2D eigenvalue weighted by Crippen LogP contribution is 2.30. The van der Waals surface area contributed by atoms with Crippen LogP contribution in [-0.2, 0) is 13.5 Å². The van der Waals surface area contributed by atoms with Crippen LogP contribution in [0.4, 0.5) is 8.78 Å². The van der Waals surface area contributed by atoms with Gasteiger partial charge in [0.15, 0.2) is 5.82 Å². The van der Waals surface area contributed by atoms with E-state index in [9.17, 15) is 13.6 Å². The molecule has 0 radical (unpaired) electrons. The minimum atomic E-state index is -2.88. The van der Waals surface area contributed by atoms with Crippen molar-refractivity contribution < 1.29 is 13.5 Å². The first-order valence-corrected chi connectivity index (χ1v) is 9.99. The van der Waals surface area contributed by atoms with Crippen LogP contribution in [0.3, 0.4) is 0 Å². The SMILES string of the molecule is CCc1cc(OC(F)F)ccc1-c1nn2c(C)cc(C(CC)CC)c2c(=O)n1C. The van der Waals surface area contributed by atoms with Crippen LogP contribution in [0.5, 0.6) is 5.75 Å². The van der Waals surface area contributed by atoms with Crippen molar-refractivity contribution in [3.05, 3.63) is 51.4 Å². The van der Waals surface area contributed by atoms with Crippen LogP contribution in [0.25, 0.3) is 16.9 Å². The van der Waals surface area contributed by atoms with E-state index in [1.165, 1.54) is 6.07 Å². The number of hydrogen-bond donors (Lipinski definition) is 0. The lowest BCUT2D eigenvalue weighted by molar-refractivity contribution is -0.0498. The lowest BCUT2D eigenvalue weighted by Gasteiger charge is -2.15. The number of fused-ring (bicyclic) bond motifs is 1. The van der Waals surface area contributed by atoms with Gasteiger partial charge >= 0.3 is 6.61 Å². The molecule has 29 heavy (non-hydrogen) atoms. The quantitative estimate of drug-likeness (QED) is 0.553. The fourth-order valence-corrected chi connectivity index (χ4v) is 3.94. The molecule has 3 aromatic rings. The molecule has 3 rings (SSSR count). The molecule has 0 fully saturated rings. The molecule has 0 aliphatic heterocycles. The van der Waals surface area contributed by atoms with Gasteiger partial charge in [0.1, 0.15) is 11.3 Å². The fraction of sp³-hybridized carbons (Fsp3) is 0.455. The van der Waals surface area contributed by atoms with Gasteiger partial charge in [0.2, 0.25) is 0 Å². The molecular weight excluding hydrogens is 376 g/mol. The number of nitrogens with zero attached hydrogens (tertiary/aromatic N) is 3. The molecule has 0 unspecified atom stereocenters. The average molecular weight is 403 g/mol. The van der Waals surface area contributed by atoms with Crippen molar-refractivity contribution in [2.75, 3.05) is 0 Å². The Bertz CT molecular complexity index is 1080. The van der Waals surface area contributed by atoms with Crippen molar-refractivity contribution in [3.8, 4) is 17.1 Å². The summed E-state index contributed by atoms with van der Waals surface area (Å²) in [6, 6.07) is 6.79. The standard InChI is InChI=1S/C22H27F2N3O2/c1-6-14(7-2)18-11-13(4)27-19(18)21(28)26(5)20(25-27)17-10-9-16(29-22(23)24)12-15(17)8-3/h9-12,14,22H,6-8H2,1-5H3. The highest BCUT2D eigenvalue weighted by atomic mass is 19.3. The summed E-state index contributed by atoms with van der Waals surface area (Å²) in [7, 11) is 1.70. The maximum atomic E-state index is 13.3. The molecule has 5 nitrogen and oxygen atoms in total. The maximum absolute atomic E-state index is 13.3. The Morgan fingerprint density at radius 1 is 1.14 bits per heavy atom. The average Bonchev–Trinajstić information content (AvgIpc) is 3.01. The summed E-state index contributed by atoms with van der Waals surface area (Å²) in [6.45, 7) is 5.23. The Hall–Kier alpha value is -2.70. The minimum absolute atomic E-state index is 0.0971. The third kappa shape index (κ3) is 3.78. The van der Waals surface area contributed by atoms with Gasteiger partial charge in [-0.25, -0.2) is 4.52 Å². The molecule has 2 aromatic heterocycles. The van der Waals surface area contributed by atoms with Gasteiger partial charge in [0.05, 0.1) is 0 Å². The summed E-state index contributed by atoms with van der Waals surface area (Å²) < 4.78 is 32.9. The first-order valence-electron chi connectivity index (χ1n) is 9.99. The topological polar surface area (TPSA) is 48.5 Å². The molecule has 0 spiro atoms. The van der Waals surface area contributed by atoms with Gasteiger partial charge in [-0.2, -0.15) is 8.78 Å².